The van der Waals surface area contributed by atoms with Gasteiger partial charge in [0.05, 0.1) is 0 Å². The fourth-order valence-electron chi connectivity index (χ4n) is 4.75. The van der Waals surface area contributed by atoms with Crippen molar-refractivity contribution in [2.75, 3.05) is 44.2 Å². The van der Waals surface area contributed by atoms with Crippen LogP contribution in [0.3, 0.4) is 0 Å². The van der Waals surface area contributed by atoms with Gasteiger partial charge in [-0.3, -0.25) is 9.69 Å². The Hall–Kier alpha value is -2.11. The highest BCUT2D eigenvalue weighted by Crippen LogP contribution is 2.27. The molecule has 2 aliphatic heterocycles. The largest absolute Gasteiger partial charge is 0.368 e. The van der Waals surface area contributed by atoms with E-state index in [9.17, 15) is 9.18 Å². The number of hydrogen-bond acceptors (Lipinski definition) is 3. The van der Waals surface area contributed by atoms with Crippen molar-refractivity contribution >= 4 is 23.2 Å². The van der Waals surface area contributed by atoms with Crippen molar-refractivity contribution in [3.63, 3.8) is 0 Å². The molecule has 0 radical (unpaired) electrons. The fraction of sp³-hybridized carbons (Fsp3) is 0.480. The van der Waals surface area contributed by atoms with E-state index in [-0.39, 0.29) is 17.6 Å². The highest BCUT2D eigenvalue weighted by molar-refractivity contribution is 6.31. The average molecular weight is 444 g/mol. The van der Waals surface area contributed by atoms with Gasteiger partial charge in [0.2, 0.25) is 5.91 Å². The standard InChI is InChI=1S/C25H31ClFN3O/c1-18-5-3-8-24(19(18)2)29-13-15-30(16-14-29)25(31)20-9-11-28(12-10-20)17-21-22(26)6-4-7-23(21)27/h3-8,20H,9-17H2,1-2H3. The molecular weight excluding hydrogens is 413 g/mol. The normalized spacial score (nSPS) is 18.5. The molecule has 2 aliphatic rings. The number of carbonyl (C=O) groups excluding carboxylic acids is 1. The molecule has 0 bridgehead atoms. The zero-order valence-corrected chi connectivity index (χ0v) is 19.2. The lowest BCUT2D eigenvalue weighted by atomic mass is 9.94. The maximum Gasteiger partial charge on any atom is 0.225 e. The molecule has 4 nitrogen and oxygen atoms in total. The first kappa shape index (κ1) is 22.1. The van der Waals surface area contributed by atoms with Crippen LogP contribution in [0.4, 0.5) is 10.1 Å². The first-order valence-corrected chi connectivity index (χ1v) is 11.6. The van der Waals surface area contributed by atoms with Crippen LogP contribution in [-0.2, 0) is 11.3 Å². The summed E-state index contributed by atoms with van der Waals surface area (Å²) < 4.78 is 14.1. The van der Waals surface area contributed by atoms with E-state index in [1.807, 2.05) is 4.90 Å². The third kappa shape index (κ3) is 4.88. The van der Waals surface area contributed by atoms with Crippen LogP contribution in [0.15, 0.2) is 36.4 Å². The molecule has 0 aromatic heterocycles. The minimum Gasteiger partial charge on any atom is -0.368 e. The monoisotopic (exact) mass is 443 g/mol. The number of halogens is 2. The molecule has 0 saturated carbocycles. The third-order valence-corrected chi connectivity index (χ3v) is 7.24. The Kier molecular flexibility index (Phi) is 6.83. The van der Waals surface area contributed by atoms with Crippen molar-refractivity contribution in [3.8, 4) is 0 Å². The smallest absolute Gasteiger partial charge is 0.225 e. The Morgan fingerprint density at radius 1 is 1.00 bits per heavy atom. The summed E-state index contributed by atoms with van der Waals surface area (Å²) in [5.41, 5.74) is 4.47. The molecule has 2 saturated heterocycles. The number of nitrogens with zero attached hydrogens (tertiary/aromatic N) is 3. The van der Waals surface area contributed by atoms with E-state index < -0.39 is 0 Å². The Morgan fingerprint density at radius 3 is 2.35 bits per heavy atom. The van der Waals surface area contributed by atoms with E-state index >= 15 is 0 Å². The molecule has 166 valence electrons. The van der Waals surface area contributed by atoms with Crippen molar-refractivity contribution in [3.05, 3.63) is 63.9 Å². The van der Waals surface area contributed by atoms with Crippen LogP contribution in [0.25, 0.3) is 0 Å². The van der Waals surface area contributed by atoms with Crippen molar-refractivity contribution in [1.82, 2.24) is 9.80 Å². The number of benzene rings is 2. The van der Waals surface area contributed by atoms with Crippen LogP contribution in [-0.4, -0.2) is 55.0 Å². The lowest BCUT2D eigenvalue weighted by Gasteiger charge is -2.40. The summed E-state index contributed by atoms with van der Waals surface area (Å²) in [6.45, 7) is 9.71. The molecule has 0 aliphatic carbocycles. The van der Waals surface area contributed by atoms with Gasteiger partial charge in [0.15, 0.2) is 0 Å². The quantitative estimate of drug-likeness (QED) is 0.687. The molecule has 0 N–H and O–H groups in total. The second-order valence-corrected chi connectivity index (χ2v) is 9.19. The second kappa shape index (κ2) is 9.58. The minimum atomic E-state index is -0.257. The number of aryl methyl sites for hydroxylation is 1. The molecule has 2 aromatic rings. The van der Waals surface area contributed by atoms with Gasteiger partial charge in [0, 0.05) is 54.9 Å². The second-order valence-electron chi connectivity index (χ2n) is 8.78. The van der Waals surface area contributed by atoms with Gasteiger partial charge in [-0.05, 0) is 69.1 Å². The summed E-state index contributed by atoms with van der Waals surface area (Å²) in [4.78, 5) is 19.7. The Bertz CT molecular complexity index is 914. The molecule has 0 unspecified atom stereocenters. The number of amides is 1. The zero-order valence-electron chi connectivity index (χ0n) is 18.4. The summed E-state index contributed by atoms with van der Waals surface area (Å²) >= 11 is 6.17. The van der Waals surface area contributed by atoms with E-state index in [2.05, 4.69) is 41.8 Å². The van der Waals surface area contributed by atoms with Gasteiger partial charge in [0.25, 0.3) is 0 Å². The van der Waals surface area contributed by atoms with Crippen LogP contribution in [0.2, 0.25) is 5.02 Å². The SMILES string of the molecule is Cc1cccc(N2CCN(C(=O)C3CCN(Cc4c(F)cccc4Cl)CC3)CC2)c1C. The van der Waals surface area contributed by atoms with Gasteiger partial charge >= 0.3 is 0 Å². The van der Waals surface area contributed by atoms with Crippen LogP contribution < -0.4 is 4.90 Å². The van der Waals surface area contributed by atoms with Gasteiger partial charge in [-0.1, -0.05) is 29.8 Å². The van der Waals surface area contributed by atoms with Crippen LogP contribution in [0.1, 0.15) is 29.5 Å². The average Bonchev–Trinajstić information content (AvgIpc) is 2.78. The van der Waals surface area contributed by atoms with Crippen LogP contribution in [0, 0.1) is 25.6 Å². The molecule has 6 heteroatoms. The molecule has 0 spiro atoms. The van der Waals surface area contributed by atoms with E-state index in [4.69, 9.17) is 11.6 Å². The number of piperidine rings is 1. The number of carbonyl (C=O) groups is 1. The van der Waals surface area contributed by atoms with Gasteiger partial charge < -0.3 is 9.80 Å². The minimum absolute atomic E-state index is 0.0691. The first-order chi connectivity index (χ1) is 14.9. The maximum atomic E-state index is 14.1. The molecule has 2 aromatic carbocycles. The molecule has 4 rings (SSSR count). The van der Waals surface area contributed by atoms with E-state index in [0.717, 1.165) is 52.1 Å². The number of rotatable bonds is 4. The molecule has 2 heterocycles. The number of likely N-dealkylation sites (tertiary alicyclic amines) is 1. The van der Waals surface area contributed by atoms with Crippen LogP contribution in [0.5, 0.6) is 0 Å². The Labute approximate surface area is 189 Å². The molecule has 0 atom stereocenters. The Balaban J connectivity index is 1.28. The zero-order chi connectivity index (χ0) is 22.0. The predicted octanol–water partition coefficient (Wildman–Crippen LogP) is 4.66. The lowest BCUT2D eigenvalue weighted by Crippen LogP contribution is -2.51. The van der Waals surface area contributed by atoms with Crippen molar-refractivity contribution in [2.45, 2.75) is 33.2 Å². The molecule has 31 heavy (non-hydrogen) atoms. The number of hydrogen-bond donors (Lipinski definition) is 0. The van der Waals surface area contributed by atoms with Gasteiger partial charge in [0.1, 0.15) is 5.82 Å². The van der Waals surface area contributed by atoms with E-state index in [1.54, 1.807) is 12.1 Å². The van der Waals surface area contributed by atoms with Crippen LogP contribution >= 0.6 is 11.6 Å². The summed E-state index contributed by atoms with van der Waals surface area (Å²) in [6, 6.07) is 11.2. The van der Waals surface area contributed by atoms with Gasteiger partial charge in [-0.2, -0.15) is 0 Å². The van der Waals surface area contributed by atoms with Crippen molar-refractivity contribution < 1.29 is 9.18 Å². The van der Waals surface area contributed by atoms with E-state index in [0.29, 0.717) is 17.1 Å². The van der Waals surface area contributed by atoms with E-state index in [1.165, 1.54) is 22.9 Å². The predicted molar refractivity (Wildman–Crippen MR) is 124 cm³/mol. The Morgan fingerprint density at radius 2 is 1.68 bits per heavy atom. The summed E-state index contributed by atoms with van der Waals surface area (Å²) in [5, 5.41) is 0.472. The van der Waals surface area contributed by atoms with Gasteiger partial charge in [-0.25, -0.2) is 4.39 Å². The molecule has 2 fully saturated rings. The number of piperazine rings is 1. The summed E-state index contributed by atoms with van der Waals surface area (Å²) in [7, 11) is 0. The highest BCUT2D eigenvalue weighted by Gasteiger charge is 2.31. The third-order valence-electron chi connectivity index (χ3n) is 6.89. The van der Waals surface area contributed by atoms with Crippen molar-refractivity contribution in [1.29, 1.82) is 0 Å². The maximum absolute atomic E-state index is 14.1. The first-order valence-electron chi connectivity index (χ1n) is 11.2. The van der Waals surface area contributed by atoms with Crippen molar-refractivity contribution in [2.24, 2.45) is 5.92 Å². The highest BCUT2D eigenvalue weighted by atomic mass is 35.5. The van der Waals surface area contributed by atoms with Gasteiger partial charge in [-0.15, -0.1) is 0 Å². The number of anilines is 1. The topological polar surface area (TPSA) is 26.8 Å². The lowest BCUT2D eigenvalue weighted by molar-refractivity contribution is -0.137. The molecule has 1 amide bonds. The summed E-state index contributed by atoms with van der Waals surface area (Å²) in [6.07, 6.45) is 1.64. The fourth-order valence-corrected chi connectivity index (χ4v) is 4.97. The summed E-state index contributed by atoms with van der Waals surface area (Å²) in [5.74, 6) is 0.0937. The molecular formula is C25H31ClFN3O.